The molecule has 0 bridgehead atoms. The van der Waals surface area contributed by atoms with E-state index in [0.717, 1.165) is 24.8 Å². The molecule has 0 aliphatic carbocycles. The monoisotopic (exact) mass is 442 g/mol. The molecule has 2 N–H and O–H groups in total. The molecule has 0 fully saturated rings. The van der Waals surface area contributed by atoms with E-state index in [0.29, 0.717) is 26.2 Å². The molecule has 2 aliphatic rings. The van der Waals surface area contributed by atoms with Crippen LogP contribution in [0.1, 0.15) is 27.7 Å². The van der Waals surface area contributed by atoms with Gasteiger partial charge in [0, 0.05) is 26.2 Å². The molecule has 2 rings (SSSR count). The quantitative estimate of drug-likeness (QED) is 0.304. The Labute approximate surface area is 178 Å². The van der Waals surface area contributed by atoms with Gasteiger partial charge >= 0.3 is 0 Å². The van der Waals surface area contributed by atoms with Gasteiger partial charge in [-0.1, -0.05) is 0 Å². The fourth-order valence-electron chi connectivity index (χ4n) is 3.20. The third-order valence-corrected chi connectivity index (χ3v) is 4.41. The van der Waals surface area contributed by atoms with E-state index in [-0.39, 0.29) is 38.0 Å². The molecular formula is C16H32Cl2N6O4. The van der Waals surface area contributed by atoms with Crippen LogP contribution in [0.2, 0.25) is 0 Å². The average molecular weight is 443 g/mol. The Bertz CT molecular complexity index is 523. The van der Waals surface area contributed by atoms with E-state index in [1.807, 2.05) is 27.7 Å². The zero-order valence-electron chi connectivity index (χ0n) is 16.9. The summed E-state index contributed by atoms with van der Waals surface area (Å²) in [6.07, 6.45) is 0. The summed E-state index contributed by atoms with van der Waals surface area (Å²) in [5.41, 5.74) is -1.19. The number of halogens is 2. The molecule has 0 atom stereocenters. The number of rotatable bonds is 10. The summed E-state index contributed by atoms with van der Waals surface area (Å²) in [4.78, 5) is 21.6. The molecule has 0 spiro atoms. The zero-order chi connectivity index (χ0) is 19.2. The molecule has 10 nitrogen and oxygen atoms in total. The Hall–Kier alpha value is -1.04. The smallest absolute Gasteiger partial charge is 0.133 e. The number of nitrogens with zero attached hydrogens (tertiary/aromatic N) is 6. The summed E-state index contributed by atoms with van der Waals surface area (Å²) in [7, 11) is 0. The summed E-state index contributed by atoms with van der Waals surface area (Å²) in [6.45, 7) is 12.4. The molecule has 0 saturated heterocycles. The molecule has 2 heterocycles. The second-order valence-corrected chi connectivity index (χ2v) is 7.37. The highest BCUT2D eigenvalue weighted by Crippen LogP contribution is 2.24. The Morgan fingerprint density at radius 3 is 1.50 bits per heavy atom. The first kappa shape index (κ1) is 27.0. The van der Waals surface area contributed by atoms with Gasteiger partial charge in [-0.25, -0.2) is 9.78 Å². The summed E-state index contributed by atoms with van der Waals surface area (Å²) < 4.78 is 0. The van der Waals surface area contributed by atoms with Crippen LogP contribution in [0.25, 0.3) is 0 Å². The van der Waals surface area contributed by atoms with Crippen molar-refractivity contribution in [3.63, 3.8) is 0 Å². The van der Waals surface area contributed by atoms with Crippen molar-refractivity contribution in [3.05, 3.63) is 0 Å². The van der Waals surface area contributed by atoms with E-state index in [4.69, 9.17) is 10.5 Å². The molecule has 0 aromatic heterocycles. The Morgan fingerprint density at radius 2 is 1.18 bits per heavy atom. The third-order valence-electron chi connectivity index (χ3n) is 4.41. The molecule has 12 heteroatoms. The topological polar surface area (TPSA) is 115 Å². The first-order chi connectivity index (χ1) is 12.3. The summed E-state index contributed by atoms with van der Waals surface area (Å²) in [5.74, 6) is 1.68. The molecular weight excluding hydrogens is 411 g/mol. The molecule has 0 aromatic rings. The van der Waals surface area contributed by atoms with Gasteiger partial charge in [-0.3, -0.25) is 20.5 Å². The fourth-order valence-corrected chi connectivity index (χ4v) is 3.20. The minimum atomic E-state index is -0.596. The van der Waals surface area contributed by atoms with Crippen LogP contribution < -0.4 is 0 Å². The highest BCUT2D eigenvalue weighted by atomic mass is 35.5. The van der Waals surface area contributed by atoms with Crippen molar-refractivity contribution in [1.29, 1.82) is 0 Å². The van der Waals surface area contributed by atoms with Crippen LogP contribution >= 0.6 is 24.8 Å². The molecule has 0 unspecified atom stereocenters. The van der Waals surface area contributed by atoms with E-state index in [2.05, 4.69) is 39.8 Å². The van der Waals surface area contributed by atoms with Gasteiger partial charge in [0.05, 0.1) is 26.3 Å². The minimum Gasteiger partial charge on any atom is -0.354 e. The largest absolute Gasteiger partial charge is 0.354 e. The van der Waals surface area contributed by atoms with Crippen molar-refractivity contribution in [1.82, 2.24) is 9.80 Å². The van der Waals surface area contributed by atoms with Gasteiger partial charge < -0.3 is 9.80 Å². The van der Waals surface area contributed by atoms with Crippen molar-refractivity contribution < 1.29 is 20.3 Å². The van der Waals surface area contributed by atoms with Crippen molar-refractivity contribution in [2.45, 2.75) is 38.8 Å². The Morgan fingerprint density at radius 1 is 0.821 bits per heavy atom. The number of amidine groups is 2. The lowest BCUT2D eigenvalue weighted by Crippen LogP contribution is -2.45. The molecule has 2 aliphatic heterocycles. The lowest BCUT2D eigenvalue weighted by atomic mass is 10.0. The van der Waals surface area contributed by atoms with Gasteiger partial charge in [0.1, 0.15) is 22.7 Å². The molecule has 0 saturated carbocycles. The van der Waals surface area contributed by atoms with E-state index < -0.39 is 11.1 Å². The Kier molecular flexibility index (Phi) is 11.4. The number of aliphatic imine (C=N–C) groups is 2. The van der Waals surface area contributed by atoms with Crippen LogP contribution in [0.3, 0.4) is 0 Å². The van der Waals surface area contributed by atoms with Crippen LogP contribution in [-0.2, 0) is 9.78 Å². The summed E-state index contributed by atoms with van der Waals surface area (Å²) in [5, 5.41) is 26.3. The predicted molar refractivity (Wildman–Crippen MR) is 112 cm³/mol. The molecule has 0 radical (unpaired) electrons. The summed E-state index contributed by atoms with van der Waals surface area (Å²) in [6, 6.07) is 0. The second kappa shape index (κ2) is 11.8. The molecule has 0 aromatic carbocycles. The van der Waals surface area contributed by atoms with Crippen molar-refractivity contribution in [2.24, 2.45) is 20.2 Å². The average Bonchev–Trinajstić information content (AvgIpc) is 3.26. The highest BCUT2D eigenvalue weighted by molar-refractivity contribution is 5.93. The van der Waals surface area contributed by atoms with Gasteiger partial charge in [-0.05, 0) is 27.7 Å². The SMILES string of the molecule is CC(C)(N=NC(C)(C)C1=NCCN1CCOO)C1=NCCN1CCOO.Cl.Cl. The van der Waals surface area contributed by atoms with E-state index in [9.17, 15) is 0 Å². The second-order valence-electron chi connectivity index (χ2n) is 7.37. The van der Waals surface area contributed by atoms with Crippen LogP contribution in [0.5, 0.6) is 0 Å². The maximum atomic E-state index is 8.58. The van der Waals surface area contributed by atoms with Gasteiger partial charge in [0.25, 0.3) is 0 Å². The standard InChI is InChI=1S/C16H30N6O4.2ClH/c1-15(2,13-17-5-7-21(13)9-11-25-23)19-20-16(3,4)14-18-6-8-22(14)10-12-26-24;;/h23-24H,5-12H2,1-4H3;2*1H. The number of hydrogen-bond acceptors (Lipinski definition) is 10. The van der Waals surface area contributed by atoms with Crippen LogP contribution in [0.15, 0.2) is 20.2 Å². The van der Waals surface area contributed by atoms with Crippen molar-refractivity contribution in [3.8, 4) is 0 Å². The molecule has 0 amide bonds. The van der Waals surface area contributed by atoms with Gasteiger partial charge in [0.15, 0.2) is 0 Å². The maximum Gasteiger partial charge on any atom is 0.133 e. The first-order valence-electron chi connectivity index (χ1n) is 8.88. The highest BCUT2D eigenvalue weighted by Gasteiger charge is 2.36. The van der Waals surface area contributed by atoms with Crippen molar-refractivity contribution >= 4 is 36.5 Å². The van der Waals surface area contributed by atoms with Gasteiger partial charge in [-0.2, -0.15) is 10.2 Å². The lowest BCUT2D eigenvalue weighted by molar-refractivity contribution is -0.242. The minimum absolute atomic E-state index is 0. The molecule has 164 valence electrons. The lowest BCUT2D eigenvalue weighted by Gasteiger charge is -2.31. The van der Waals surface area contributed by atoms with E-state index in [1.54, 1.807) is 0 Å². The van der Waals surface area contributed by atoms with Gasteiger partial charge in [0.2, 0.25) is 0 Å². The third kappa shape index (κ3) is 6.78. The fraction of sp³-hybridized carbons (Fsp3) is 0.875. The predicted octanol–water partition coefficient (Wildman–Crippen LogP) is 2.25. The number of azo groups is 1. The van der Waals surface area contributed by atoms with E-state index in [1.165, 1.54) is 0 Å². The molecule has 28 heavy (non-hydrogen) atoms. The van der Waals surface area contributed by atoms with E-state index >= 15 is 0 Å². The van der Waals surface area contributed by atoms with Crippen LogP contribution in [0, 0.1) is 0 Å². The summed E-state index contributed by atoms with van der Waals surface area (Å²) >= 11 is 0. The first-order valence-corrected chi connectivity index (χ1v) is 8.88. The van der Waals surface area contributed by atoms with Crippen molar-refractivity contribution in [2.75, 3.05) is 52.5 Å². The van der Waals surface area contributed by atoms with Gasteiger partial charge in [-0.15, -0.1) is 24.8 Å². The maximum absolute atomic E-state index is 8.58. The zero-order valence-corrected chi connectivity index (χ0v) is 18.5. The Balaban J connectivity index is 0.00000364. The van der Waals surface area contributed by atoms with Crippen LogP contribution in [0.4, 0.5) is 0 Å². The van der Waals surface area contributed by atoms with Crippen LogP contribution in [-0.4, -0.2) is 95.5 Å². The normalized spacial score (nSPS) is 17.5. The number of hydrogen-bond donors (Lipinski definition) is 2.